The Kier molecular flexibility index (Phi) is 5.12. The molecule has 16 heavy (non-hydrogen) atoms. The second kappa shape index (κ2) is 5.92. The van der Waals surface area contributed by atoms with E-state index in [1.165, 1.54) is 0 Å². The van der Waals surface area contributed by atoms with E-state index in [1.807, 2.05) is 13.8 Å². The molecule has 1 aromatic rings. The van der Waals surface area contributed by atoms with Gasteiger partial charge in [-0.2, -0.15) is 0 Å². The normalized spacial score (nSPS) is 12.9. The second-order valence-electron chi connectivity index (χ2n) is 3.64. The summed E-state index contributed by atoms with van der Waals surface area (Å²) in [4.78, 5) is 11.8. The Morgan fingerprint density at radius 3 is 2.56 bits per heavy atom. The van der Waals surface area contributed by atoms with Crippen LogP contribution >= 0.6 is 35.0 Å². The Labute approximate surface area is 109 Å². The predicted octanol–water partition coefficient (Wildman–Crippen LogP) is 3.84. The number of hydrogen-bond acceptors (Lipinski definition) is 3. The lowest BCUT2D eigenvalue weighted by molar-refractivity contribution is 0.108. The highest BCUT2D eigenvalue weighted by atomic mass is 35.5. The van der Waals surface area contributed by atoms with Gasteiger partial charge >= 0.3 is 0 Å². The third-order valence-corrected chi connectivity index (χ3v) is 4.01. The molecule has 0 aliphatic rings. The number of rotatable bonds is 3. The molecule has 1 unspecified atom stereocenters. The smallest absolute Gasteiger partial charge is 0.223 e. The first-order valence-electron chi connectivity index (χ1n) is 4.76. The first-order chi connectivity index (χ1) is 7.43. The summed E-state index contributed by atoms with van der Waals surface area (Å²) in [6, 6.07) is 4.87. The third kappa shape index (κ3) is 3.39. The van der Waals surface area contributed by atoms with Gasteiger partial charge < -0.3 is 5.11 Å². The summed E-state index contributed by atoms with van der Waals surface area (Å²) in [5.41, 5.74) is -0.401. The number of carbonyl (C=O) groups excluding carboxylic acids is 1. The Morgan fingerprint density at radius 1 is 1.38 bits per heavy atom. The third-order valence-electron chi connectivity index (χ3n) is 1.97. The maximum absolute atomic E-state index is 11.8. The van der Waals surface area contributed by atoms with Crippen molar-refractivity contribution in [1.82, 2.24) is 0 Å². The maximum atomic E-state index is 11.8. The van der Waals surface area contributed by atoms with E-state index < -0.39 is 5.44 Å². The monoisotopic (exact) mass is 278 g/mol. The number of thioether (sulfide) groups is 1. The van der Waals surface area contributed by atoms with Crippen molar-refractivity contribution in [2.24, 2.45) is 5.92 Å². The van der Waals surface area contributed by atoms with E-state index >= 15 is 0 Å². The van der Waals surface area contributed by atoms with Crippen LogP contribution in [0.25, 0.3) is 0 Å². The quantitative estimate of drug-likeness (QED) is 0.854. The average molecular weight is 279 g/mol. The molecule has 0 bridgehead atoms. The van der Waals surface area contributed by atoms with Gasteiger partial charge in [0.15, 0.2) is 0 Å². The van der Waals surface area contributed by atoms with E-state index in [2.05, 4.69) is 0 Å². The summed E-state index contributed by atoms with van der Waals surface area (Å²) in [5, 5.41) is 9.89. The van der Waals surface area contributed by atoms with Crippen LogP contribution in [0.2, 0.25) is 10.0 Å². The van der Waals surface area contributed by atoms with Crippen LogP contribution < -0.4 is 0 Å². The van der Waals surface area contributed by atoms with Gasteiger partial charge in [-0.25, -0.2) is 0 Å². The van der Waals surface area contributed by atoms with E-state index in [4.69, 9.17) is 23.2 Å². The summed E-state index contributed by atoms with van der Waals surface area (Å²) < 4.78 is 0. The zero-order chi connectivity index (χ0) is 12.3. The van der Waals surface area contributed by atoms with Crippen LogP contribution in [0.1, 0.15) is 24.2 Å². The minimum Gasteiger partial charge on any atom is -0.382 e. The van der Waals surface area contributed by atoms with Crippen molar-refractivity contribution >= 4 is 40.1 Å². The molecule has 1 rings (SSSR count). The van der Waals surface area contributed by atoms with Gasteiger partial charge in [0.2, 0.25) is 5.12 Å². The average Bonchev–Trinajstić information content (AvgIpc) is 2.21. The lowest BCUT2D eigenvalue weighted by Gasteiger charge is -2.13. The van der Waals surface area contributed by atoms with Gasteiger partial charge in [0.25, 0.3) is 0 Å². The molecular weight excluding hydrogens is 267 g/mol. The van der Waals surface area contributed by atoms with Gasteiger partial charge in [-0.3, -0.25) is 4.79 Å². The number of hydrogen-bond donors (Lipinski definition) is 1. The fourth-order valence-corrected chi connectivity index (χ4v) is 2.20. The van der Waals surface area contributed by atoms with E-state index in [0.29, 0.717) is 10.6 Å². The molecule has 0 aromatic heterocycles. The van der Waals surface area contributed by atoms with E-state index in [0.717, 1.165) is 11.8 Å². The van der Waals surface area contributed by atoms with Gasteiger partial charge in [-0.1, -0.05) is 54.9 Å². The first-order valence-corrected chi connectivity index (χ1v) is 6.40. The van der Waals surface area contributed by atoms with Crippen molar-refractivity contribution in [1.29, 1.82) is 0 Å². The molecule has 0 aliphatic heterocycles. The van der Waals surface area contributed by atoms with Crippen molar-refractivity contribution in [3.63, 3.8) is 0 Å². The molecule has 0 spiro atoms. The molecule has 2 nitrogen and oxygen atoms in total. The molecular formula is C11H12Cl2O2S. The second-order valence-corrected chi connectivity index (χ2v) is 5.52. The lowest BCUT2D eigenvalue weighted by Crippen LogP contribution is -2.13. The van der Waals surface area contributed by atoms with E-state index in [1.54, 1.807) is 18.2 Å². The molecule has 1 atom stereocenters. The van der Waals surface area contributed by atoms with Gasteiger partial charge in [0.1, 0.15) is 5.44 Å². The Balaban J connectivity index is 2.85. The number of aliphatic hydroxyl groups is 1. The minimum atomic E-state index is -0.734. The van der Waals surface area contributed by atoms with Crippen molar-refractivity contribution in [3.8, 4) is 0 Å². The fourth-order valence-electron chi connectivity index (χ4n) is 0.971. The zero-order valence-electron chi connectivity index (χ0n) is 8.91. The Hall–Kier alpha value is -0.220. The van der Waals surface area contributed by atoms with Crippen LogP contribution in [0.15, 0.2) is 18.2 Å². The van der Waals surface area contributed by atoms with Gasteiger partial charge in [0, 0.05) is 5.56 Å². The van der Waals surface area contributed by atoms with E-state index in [-0.39, 0.29) is 16.1 Å². The highest BCUT2D eigenvalue weighted by Gasteiger charge is 2.19. The van der Waals surface area contributed by atoms with Crippen LogP contribution in [-0.2, 0) is 0 Å². The van der Waals surface area contributed by atoms with Crippen molar-refractivity contribution < 1.29 is 9.90 Å². The summed E-state index contributed by atoms with van der Waals surface area (Å²) in [6.07, 6.45) is 0. The topological polar surface area (TPSA) is 37.3 Å². The maximum Gasteiger partial charge on any atom is 0.223 e. The molecule has 0 aliphatic carbocycles. The lowest BCUT2D eigenvalue weighted by atomic mass is 10.2. The summed E-state index contributed by atoms with van der Waals surface area (Å²) >= 11 is 12.6. The zero-order valence-corrected chi connectivity index (χ0v) is 11.2. The van der Waals surface area contributed by atoms with Crippen LogP contribution in [0, 0.1) is 5.92 Å². The van der Waals surface area contributed by atoms with E-state index in [9.17, 15) is 9.90 Å². The number of carbonyl (C=O) groups is 1. The minimum absolute atomic E-state index is 0.00640. The highest BCUT2D eigenvalue weighted by molar-refractivity contribution is 8.14. The number of halogens is 2. The predicted molar refractivity (Wildman–Crippen MR) is 69.2 cm³/mol. The van der Waals surface area contributed by atoms with Crippen LogP contribution in [0.3, 0.4) is 0 Å². The van der Waals surface area contributed by atoms with Crippen LogP contribution in [0.4, 0.5) is 0 Å². The molecule has 1 aromatic carbocycles. The highest BCUT2D eigenvalue weighted by Crippen LogP contribution is 2.30. The summed E-state index contributed by atoms with van der Waals surface area (Å²) in [7, 11) is 0. The summed E-state index contributed by atoms with van der Waals surface area (Å²) in [6.45, 7) is 3.68. The fraction of sp³-hybridized carbons (Fsp3) is 0.364. The van der Waals surface area contributed by atoms with Crippen molar-refractivity contribution in [2.45, 2.75) is 19.3 Å². The summed E-state index contributed by atoms with van der Waals surface area (Å²) in [5.74, 6) is 0.00640. The van der Waals surface area contributed by atoms with Crippen molar-refractivity contribution in [3.05, 3.63) is 33.8 Å². The van der Waals surface area contributed by atoms with Crippen molar-refractivity contribution in [2.75, 3.05) is 0 Å². The first kappa shape index (κ1) is 13.8. The standard InChI is InChI=1S/C11H12Cl2O2S/c1-6(2)10(14)16-11(15)7-4-3-5-8(12)9(7)13/h3-6,10,14H,1-2H3. The molecule has 0 radical (unpaired) electrons. The molecule has 0 heterocycles. The van der Waals surface area contributed by atoms with Gasteiger partial charge in [-0.05, 0) is 18.1 Å². The SMILES string of the molecule is CC(C)C(O)SC(=O)c1cccc(Cl)c1Cl. The molecule has 1 N–H and O–H groups in total. The number of benzene rings is 1. The van der Waals surface area contributed by atoms with Gasteiger partial charge in [-0.15, -0.1) is 0 Å². The Morgan fingerprint density at radius 2 is 2.00 bits per heavy atom. The molecule has 0 saturated heterocycles. The molecule has 88 valence electrons. The molecule has 0 fully saturated rings. The Bertz CT molecular complexity index is 394. The van der Waals surface area contributed by atoms with Gasteiger partial charge in [0.05, 0.1) is 10.0 Å². The molecule has 5 heteroatoms. The largest absolute Gasteiger partial charge is 0.382 e. The van der Waals surface area contributed by atoms with Crippen LogP contribution in [0.5, 0.6) is 0 Å². The molecule has 0 saturated carbocycles. The number of aliphatic hydroxyl groups excluding tert-OH is 1. The molecule has 0 amide bonds. The van der Waals surface area contributed by atoms with Crippen LogP contribution in [-0.4, -0.2) is 15.7 Å².